The smallest absolute Gasteiger partial charge is 0.425 e. The van der Waals surface area contributed by atoms with Gasteiger partial charge in [-0.25, -0.2) is 4.39 Å². The molecule has 2 amide bonds. The number of rotatable bonds is 5. The van der Waals surface area contributed by atoms with Gasteiger partial charge in [-0.05, 0) is 48.1 Å². The number of nitrogens with zero attached hydrogens (tertiary/aromatic N) is 1. The number of benzene rings is 1. The zero-order valence-corrected chi connectivity index (χ0v) is 18.5. The SMILES string of the molecule is CC1(C)CC(=O)C2=C(C1)N(CCc1ccc(F)cc1)C(=O)[C@]2(NC(=O)c1ccco1)C(F)(F)F. The Hall–Kier alpha value is -3.43. The van der Waals surface area contributed by atoms with E-state index in [1.54, 1.807) is 19.2 Å². The average molecular weight is 478 g/mol. The minimum absolute atomic E-state index is 0.0394. The summed E-state index contributed by atoms with van der Waals surface area (Å²) in [4.78, 5) is 40.1. The first-order chi connectivity index (χ1) is 15.9. The number of amides is 2. The summed E-state index contributed by atoms with van der Waals surface area (Å²) < 4.78 is 62.1. The number of allylic oxidation sites excluding steroid dienone is 1. The molecule has 0 fully saturated rings. The molecular weight excluding hydrogens is 456 g/mol. The van der Waals surface area contributed by atoms with Gasteiger partial charge in [0.2, 0.25) is 5.54 Å². The van der Waals surface area contributed by atoms with E-state index in [0.29, 0.717) is 5.56 Å². The van der Waals surface area contributed by atoms with E-state index < -0.39 is 51.9 Å². The van der Waals surface area contributed by atoms with E-state index >= 15 is 0 Å². The summed E-state index contributed by atoms with van der Waals surface area (Å²) in [6.07, 6.45) is -4.23. The van der Waals surface area contributed by atoms with Crippen LogP contribution in [0.5, 0.6) is 0 Å². The van der Waals surface area contributed by atoms with Crippen LogP contribution in [0, 0.1) is 11.2 Å². The lowest BCUT2D eigenvalue weighted by molar-refractivity contribution is -0.190. The number of alkyl halides is 3. The maximum absolute atomic E-state index is 14.7. The first-order valence-electron chi connectivity index (χ1n) is 10.6. The number of hydrogen-bond acceptors (Lipinski definition) is 4. The van der Waals surface area contributed by atoms with Crippen LogP contribution in [0.4, 0.5) is 17.6 Å². The number of carbonyl (C=O) groups is 3. The zero-order valence-electron chi connectivity index (χ0n) is 18.5. The number of carbonyl (C=O) groups excluding carboxylic acids is 3. The molecule has 1 aliphatic carbocycles. The van der Waals surface area contributed by atoms with Crippen LogP contribution in [0.3, 0.4) is 0 Å². The third-order valence-corrected chi connectivity index (χ3v) is 6.13. The standard InChI is InChI=1S/C24H22F4N2O4/c1-22(2)12-16-19(17(31)13-22)23(24(26,27)28,29-20(32)18-4-3-11-34-18)21(33)30(16)10-9-14-5-7-15(25)8-6-14/h3-8,11H,9-10,12-13H2,1-2H3,(H,29,32)/t23-/m0/s1. The Kier molecular flexibility index (Phi) is 5.65. The van der Waals surface area contributed by atoms with Gasteiger partial charge in [-0.1, -0.05) is 26.0 Å². The van der Waals surface area contributed by atoms with Crippen LogP contribution in [-0.4, -0.2) is 40.8 Å². The molecule has 1 atom stereocenters. The highest BCUT2D eigenvalue weighted by molar-refractivity contribution is 6.14. The fourth-order valence-electron chi connectivity index (χ4n) is 4.59. The quantitative estimate of drug-likeness (QED) is 0.654. The summed E-state index contributed by atoms with van der Waals surface area (Å²) in [7, 11) is 0. The van der Waals surface area contributed by atoms with Crippen molar-refractivity contribution in [1.82, 2.24) is 10.2 Å². The largest absolute Gasteiger partial charge is 0.459 e. The number of ketones is 1. The van der Waals surface area contributed by atoms with Gasteiger partial charge in [-0.15, -0.1) is 0 Å². The molecule has 1 aromatic carbocycles. The van der Waals surface area contributed by atoms with E-state index in [-0.39, 0.29) is 31.5 Å². The van der Waals surface area contributed by atoms with Gasteiger partial charge < -0.3 is 14.6 Å². The molecule has 0 bridgehead atoms. The van der Waals surface area contributed by atoms with Crippen LogP contribution in [0.25, 0.3) is 0 Å². The van der Waals surface area contributed by atoms with Gasteiger partial charge in [0.05, 0.1) is 11.8 Å². The number of hydrogen-bond donors (Lipinski definition) is 1. The summed E-state index contributed by atoms with van der Waals surface area (Å²) in [6.45, 7) is 3.28. The van der Waals surface area contributed by atoms with E-state index in [1.165, 1.54) is 30.3 Å². The predicted molar refractivity (Wildman–Crippen MR) is 112 cm³/mol. The maximum atomic E-state index is 14.7. The molecular formula is C24H22F4N2O4. The van der Waals surface area contributed by atoms with E-state index in [2.05, 4.69) is 0 Å². The molecule has 0 radical (unpaired) electrons. The molecule has 0 saturated carbocycles. The average Bonchev–Trinajstić information content (AvgIpc) is 3.33. The Morgan fingerprint density at radius 2 is 1.79 bits per heavy atom. The van der Waals surface area contributed by atoms with E-state index in [1.807, 2.05) is 0 Å². The first kappa shape index (κ1) is 23.7. The first-order valence-corrected chi connectivity index (χ1v) is 10.6. The van der Waals surface area contributed by atoms with Crippen LogP contribution < -0.4 is 5.32 Å². The molecule has 0 unspecified atom stereocenters. The predicted octanol–water partition coefficient (Wildman–Crippen LogP) is 4.18. The lowest BCUT2D eigenvalue weighted by Crippen LogP contribution is -2.66. The summed E-state index contributed by atoms with van der Waals surface area (Å²) in [6, 6.07) is 7.84. The lowest BCUT2D eigenvalue weighted by Gasteiger charge is -2.35. The molecule has 0 spiro atoms. The highest BCUT2D eigenvalue weighted by atomic mass is 19.4. The van der Waals surface area contributed by atoms with Crippen molar-refractivity contribution in [2.75, 3.05) is 6.54 Å². The fourth-order valence-corrected chi connectivity index (χ4v) is 4.59. The molecule has 2 aromatic rings. The van der Waals surface area contributed by atoms with E-state index in [4.69, 9.17) is 4.42 Å². The monoisotopic (exact) mass is 478 g/mol. The molecule has 34 heavy (non-hydrogen) atoms. The van der Waals surface area contributed by atoms with Crippen LogP contribution in [0.1, 0.15) is 42.8 Å². The second kappa shape index (κ2) is 8.11. The third kappa shape index (κ3) is 3.91. The Bertz CT molecular complexity index is 1170. The molecule has 2 heterocycles. The molecule has 10 heteroatoms. The molecule has 4 rings (SSSR count). The molecule has 180 valence electrons. The van der Waals surface area contributed by atoms with Crippen molar-refractivity contribution in [3.63, 3.8) is 0 Å². The topological polar surface area (TPSA) is 79.6 Å². The van der Waals surface area contributed by atoms with E-state index in [0.717, 1.165) is 17.2 Å². The second-order valence-corrected chi connectivity index (χ2v) is 9.28. The number of furan rings is 1. The summed E-state index contributed by atoms with van der Waals surface area (Å²) in [5.41, 5.74) is -4.41. The van der Waals surface area contributed by atoms with Crippen molar-refractivity contribution in [3.8, 4) is 0 Å². The molecule has 1 aromatic heterocycles. The highest BCUT2D eigenvalue weighted by Gasteiger charge is 2.71. The zero-order chi connectivity index (χ0) is 24.9. The maximum Gasteiger partial charge on any atom is 0.425 e. The Morgan fingerprint density at radius 1 is 1.12 bits per heavy atom. The fraction of sp³-hybridized carbons (Fsp3) is 0.375. The summed E-state index contributed by atoms with van der Waals surface area (Å²) in [5, 5.41) is 1.80. The van der Waals surface area contributed by atoms with Crippen LogP contribution in [0.15, 0.2) is 58.3 Å². The van der Waals surface area contributed by atoms with Crippen LogP contribution in [0.2, 0.25) is 0 Å². The van der Waals surface area contributed by atoms with Crippen molar-refractivity contribution in [2.24, 2.45) is 5.41 Å². The van der Waals surface area contributed by atoms with Crippen molar-refractivity contribution < 1.29 is 36.4 Å². The molecule has 0 saturated heterocycles. The minimum Gasteiger partial charge on any atom is -0.459 e. The van der Waals surface area contributed by atoms with Gasteiger partial charge >= 0.3 is 6.18 Å². The number of Topliss-reactive ketones (excluding diaryl/α,β-unsaturated/α-hetero) is 1. The van der Waals surface area contributed by atoms with E-state index in [9.17, 15) is 31.9 Å². The molecule has 2 aliphatic rings. The van der Waals surface area contributed by atoms with Crippen molar-refractivity contribution in [2.45, 2.75) is 44.8 Å². The van der Waals surface area contributed by atoms with Crippen LogP contribution >= 0.6 is 0 Å². The Morgan fingerprint density at radius 3 is 2.38 bits per heavy atom. The van der Waals surface area contributed by atoms with Gasteiger partial charge in [-0.3, -0.25) is 14.4 Å². The van der Waals surface area contributed by atoms with Gasteiger partial charge in [0.1, 0.15) is 5.82 Å². The van der Waals surface area contributed by atoms with Gasteiger partial charge in [0.25, 0.3) is 11.8 Å². The second-order valence-electron chi connectivity index (χ2n) is 9.28. The molecule has 1 aliphatic heterocycles. The van der Waals surface area contributed by atoms with Gasteiger partial charge in [0, 0.05) is 18.7 Å². The Labute approximate surface area is 192 Å². The Balaban J connectivity index is 1.79. The number of nitrogens with one attached hydrogen (secondary N) is 1. The van der Waals surface area contributed by atoms with Crippen molar-refractivity contribution in [3.05, 3.63) is 71.1 Å². The van der Waals surface area contributed by atoms with Crippen molar-refractivity contribution in [1.29, 1.82) is 0 Å². The van der Waals surface area contributed by atoms with Crippen molar-refractivity contribution >= 4 is 17.6 Å². The van der Waals surface area contributed by atoms with Crippen LogP contribution in [-0.2, 0) is 16.0 Å². The third-order valence-electron chi connectivity index (χ3n) is 6.13. The lowest BCUT2D eigenvalue weighted by atomic mass is 9.72. The molecule has 1 N–H and O–H groups in total. The molecule has 6 nitrogen and oxygen atoms in total. The summed E-state index contributed by atoms with van der Waals surface area (Å²) in [5.74, 6) is -4.45. The summed E-state index contributed by atoms with van der Waals surface area (Å²) >= 11 is 0. The van der Waals surface area contributed by atoms with Gasteiger partial charge in [-0.2, -0.15) is 13.2 Å². The normalized spacial score (nSPS) is 22.2. The highest BCUT2D eigenvalue weighted by Crippen LogP contribution is 2.51. The number of halogens is 4. The van der Waals surface area contributed by atoms with Gasteiger partial charge in [0.15, 0.2) is 11.5 Å². The minimum atomic E-state index is -5.30.